The third-order valence-electron chi connectivity index (χ3n) is 6.71. The molecule has 3 N–H and O–H groups in total. The minimum atomic E-state index is -0.0343. The van der Waals surface area contributed by atoms with Crippen LogP contribution in [0.2, 0.25) is 0 Å². The highest BCUT2D eigenvalue weighted by atomic mass is 127. The number of hydrogen-bond donors (Lipinski definition) is 3. The number of amides is 1. The molecule has 182 valence electrons. The van der Waals surface area contributed by atoms with Gasteiger partial charge < -0.3 is 20.9 Å². The molecule has 2 rings (SSSR count). The van der Waals surface area contributed by atoms with Crippen LogP contribution in [0.3, 0.4) is 0 Å². The fraction of sp³-hybridized carbons (Fsp3) is 0.680. The normalized spacial score (nSPS) is 16.3. The van der Waals surface area contributed by atoms with Crippen LogP contribution in [0.15, 0.2) is 35.3 Å². The second-order valence-corrected chi connectivity index (χ2v) is 8.74. The monoisotopic (exact) mass is 557 g/mol. The fourth-order valence-electron chi connectivity index (χ4n) is 4.37. The number of nitrogens with one attached hydrogen (secondary N) is 3. The SMILES string of the molecule is CCNC(=NCC(CC)(CC)NC(C)c1ccccc1)N1CCC(CC(=O)NC)CC1.I. The number of hydrogen-bond acceptors (Lipinski definition) is 3. The molecule has 1 saturated heterocycles. The predicted octanol–water partition coefficient (Wildman–Crippen LogP) is 4.33. The van der Waals surface area contributed by atoms with E-state index < -0.39 is 0 Å². The quantitative estimate of drug-likeness (QED) is 0.228. The van der Waals surface area contributed by atoms with Crippen LogP contribution in [-0.2, 0) is 4.79 Å². The van der Waals surface area contributed by atoms with E-state index in [1.165, 1.54) is 5.56 Å². The van der Waals surface area contributed by atoms with E-state index in [0.29, 0.717) is 12.3 Å². The molecule has 7 heteroatoms. The Morgan fingerprint density at radius 2 is 1.78 bits per heavy atom. The van der Waals surface area contributed by atoms with E-state index in [4.69, 9.17) is 4.99 Å². The summed E-state index contributed by atoms with van der Waals surface area (Å²) in [5.41, 5.74) is 1.27. The van der Waals surface area contributed by atoms with Crippen molar-refractivity contribution in [3.05, 3.63) is 35.9 Å². The summed E-state index contributed by atoms with van der Waals surface area (Å²) in [5.74, 6) is 1.62. The summed E-state index contributed by atoms with van der Waals surface area (Å²) >= 11 is 0. The standard InChI is InChI=1S/C25H43N5O.HI/c1-6-25(7-2,29-20(4)22-12-10-9-11-13-22)19-28-24(27-8-3)30-16-14-21(15-17-30)18-23(31)26-5;/h9-13,20-21,29H,6-8,14-19H2,1-5H3,(H,26,31)(H,27,28);1H. The topological polar surface area (TPSA) is 68.8 Å². The van der Waals surface area contributed by atoms with E-state index in [2.05, 4.69) is 78.9 Å². The van der Waals surface area contributed by atoms with Gasteiger partial charge in [-0.1, -0.05) is 44.2 Å². The fourth-order valence-corrected chi connectivity index (χ4v) is 4.37. The first-order valence-electron chi connectivity index (χ1n) is 12.0. The van der Waals surface area contributed by atoms with Gasteiger partial charge in [0.05, 0.1) is 6.54 Å². The molecule has 0 saturated carbocycles. The van der Waals surface area contributed by atoms with Crippen molar-refractivity contribution in [3.8, 4) is 0 Å². The first-order valence-corrected chi connectivity index (χ1v) is 12.0. The molecule has 0 aliphatic carbocycles. The van der Waals surface area contributed by atoms with Crippen LogP contribution >= 0.6 is 24.0 Å². The van der Waals surface area contributed by atoms with Crippen molar-refractivity contribution >= 4 is 35.8 Å². The second-order valence-electron chi connectivity index (χ2n) is 8.74. The maximum absolute atomic E-state index is 11.7. The van der Waals surface area contributed by atoms with Gasteiger partial charge in [-0.15, -0.1) is 24.0 Å². The van der Waals surface area contributed by atoms with E-state index in [9.17, 15) is 4.79 Å². The molecule has 0 spiro atoms. The van der Waals surface area contributed by atoms with Crippen LogP contribution in [0.25, 0.3) is 0 Å². The summed E-state index contributed by atoms with van der Waals surface area (Å²) in [5, 5.41) is 10.1. The molecule has 1 aromatic carbocycles. The molecule has 0 bridgehead atoms. The zero-order valence-corrected chi connectivity index (χ0v) is 22.9. The Bertz CT molecular complexity index is 685. The number of likely N-dealkylation sites (tertiary alicyclic amines) is 1. The molecule has 0 aromatic heterocycles. The number of guanidine groups is 1. The lowest BCUT2D eigenvalue weighted by Gasteiger charge is -2.37. The Hall–Kier alpha value is -1.35. The summed E-state index contributed by atoms with van der Waals surface area (Å²) in [6.07, 6.45) is 4.76. The molecule has 0 radical (unpaired) electrons. The highest BCUT2D eigenvalue weighted by Gasteiger charge is 2.29. The van der Waals surface area contributed by atoms with Crippen molar-refractivity contribution in [1.82, 2.24) is 20.9 Å². The smallest absolute Gasteiger partial charge is 0.220 e. The molecule has 6 nitrogen and oxygen atoms in total. The Morgan fingerprint density at radius 3 is 2.31 bits per heavy atom. The van der Waals surface area contributed by atoms with Crippen LogP contribution in [0.5, 0.6) is 0 Å². The molecule has 1 aliphatic rings. The number of aliphatic imine (C=N–C) groups is 1. The van der Waals surface area contributed by atoms with Crippen LogP contribution in [0.1, 0.15) is 71.4 Å². The molecule has 1 aliphatic heterocycles. The number of benzene rings is 1. The zero-order valence-electron chi connectivity index (χ0n) is 20.6. The van der Waals surface area contributed by atoms with Gasteiger partial charge in [0.25, 0.3) is 0 Å². The molecule has 32 heavy (non-hydrogen) atoms. The summed E-state index contributed by atoms with van der Waals surface area (Å²) in [6.45, 7) is 12.4. The second kappa shape index (κ2) is 14.7. The number of halogens is 1. The Kier molecular flexibility index (Phi) is 13.2. The largest absolute Gasteiger partial charge is 0.359 e. The van der Waals surface area contributed by atoms with Crippen molar-refractivity contribution in [2.45, 2.75) is 71.4 Å². The summed E-state index contributed by atoms with van der Waals surface area (Å²) in [6, 6.07) is 10.9. The molecule has 1 aromatic rings. The van der Waals surface area contributed by atoms with E-state index >= 15 is 0 Å². The number of carbonyl (C=O) groups is 1. The lowest BCUT2D eigenvalue weighted by Crippen LogP contribution is -2.50. The van der Waals surface area contributed by atoms with Crippen molar-refractivity contribution in [3.63, 3.8) is 0 Å². The van der Waals surface area contributed by atoms with Gasteiger partial charge in [-0.25, -0.2) is 0 Å². The molecular formula is C25H44IN5O. The Morgan fingerprint density at radius 1 is 1.16 bits per heavy atom. The van der Waals surface area contributed by atoms with Crippen LogP contribution in [-0.4, -0.2) is 55.5 Å². The first-order chi connectivity index (χ1) is 15.0. The van der Waals surface area contributed by atoms with Gasteiger partial charge >= 0.3 is 0 Å². The van der Waals surface area contributed by atoms with Crippen LogP contribution < -0.4 is 16.0 Å². The molecule has 1 heterocycles. The number of nitrogens with zero attached hydrogens (tertiary/aromatic N) is 2. The lowest BCUT2D eigenvalue weighted by atomic mass is 9.90. The highest BCUT2D eigenvalue weighted by Crippen LogP contribution is 2.24. The van der Waals surface area contributed by atoms with Gasteiger partial charge in [0.2, 0.25) is 5.91 Å². The average Bonchev–Trinajstić information content (AvgIpc) is 2.81. The summed E-state index contributed by atoms with van der Waals surface area (Å²) in [4.78, 5) is 19.2. The lowest BCUT2D eigenvalue weighted by molar-refractivity contribution is -0.121. The highest BCUT2D eigenvalue weighted by molar-refractivity contribution is 14.0. The summed E-state index contributed by atoms with van der Waals surface area (Å²) < 4.78 is 0. The molecular weight excluding hydrogens is 513 g/mol. The van der Waals surface area contributed by atoms with Gasteiger partial charge in [0.15, 0.2) is 5.96 Å². The van der Waals surface area contributed by atoms with Crippen molar-refractivity contribution < 1.29 is 4.79 Å². The first kappa shape index (κ1) is 28.7. The van der Waals surface area contributed by atoms with Gasteiger partial charge in [0.1, 0.15) is 0 Å². The Balaban J connectivity index is 0.00000512. The van der Waals surface area contributed by atoms with Gasteiger partial charge in [0, 0.05) is 44.7 Å². The third-order valence-corrected chi connectivity index (χ3v) is 6.71. The van der Waals surface area contributed by atoms with Crippen molar-refractivity contribution in [2.24, 2.45) is 10.9 Å². The average molecular weight is 558 g/mol. The minimum Gasteiger partial charge on any atom is -0.359 e. The van der Waals surface area contributed by atoms with E-state index in [0.717, 1.165) is 57.8 Å². The number of piperidine rings is 1. The number of carbonyl (C=O) groups excluding carboxylic acids is 1. The van der Waals surface area contributed by atoms with Crippen molar-refractivity contribution in [2.75, 3.05) is 33.2 Å². The maximum Gasteiger partial charge on any atom is 0.220 e. The van der Waals surface area contributed by atoms with E-state index in [1.807, 2.05) is 0 Å². The third kappa shape index (κ3) is 8.54. The molecule has 1 fully saturated rings. The van der Waals surface area contributed by atoms with Gasteiger partial charge in [-0.3, -0.25) is 9.79 Å². The van der Waals surface area contributed by atoms with Crippen LogP contribution in [0.4, 0.5) is 0 Å². The molecule has 1 unspecified atom stereocenters. The zero-order chi connectivity index (χ0) is 22.7. The minimum absolute atomic E-state index is 0. The molecule has 1 amide bonds. The van der Waals surface area contributed by atoms with Crippen LogP contribution in [0, 0.1) is 5.92 Å². The van der Waals surface area contributed by atoms with E-state index in [-0.39, 0.29) is 41.5 Å². The predicted molar refractivity (Wildman–Crippen MR) is 146 cm³/mol. The van der Waals surface area contributed by atoms with Gasteiger partial charge in [-0.05, 0) is 51.0 Å². The number of rotatable bonds is 10. The Labute approximate surface area is 212 Å². The van der Waals surface area contributed by atoms with E-state index in [1.54, 1.807) is 7.05 Å². The molecule has 1 atom stereocenters. The van der Waals surface area contributed by atoms with Crippen molar-refractivity contribution in [1.29, 1.82) is 0 Å². The summed E-state index contributed by atoms with van der Waals surface area (Å²) in [7, 11) is 1.72. The van der Waals surface area contributed by atoms with Gasteiger partial charge in [-0.2, -0.15) is 0 Å². The maximum atomic E-state index is 11.7.